The van der Waals surface area contributed by atoms with Crippen LogP contribution in [0.2, 0.25) is 0 Å². The molecule has 10 rings (SSSR count). The second-order valence-electron chi connectivity index (χ2n) is 12.8. The van der Waals surface area contributed by atoms with Crippen LogP contribution >= 0.6 is 0 Å². The summed E-state index contributed by atoms with van der Waals surface area (Å²) < 4.78 is 5.05. The van der Waals surface area contributed by atoms with Crippen LogP contribution in [0.5, 0.6) is 0 Å². The molecule has 0 aliphatic heterocycles. The Balaban J connectivity index is 1.19. The number of rotatable bonds is 3. The fourth-order valence-electron chi connectivity index (χ4n) is 8.16. The number of hydrogen-bond donors (Lipinski definition) is 0. The van der Waals surface area contributed by atoms with Crippen LogP contribution in [-0.2, 0) is 12.8 Å². The smallest absolute Gasteiger partial charge is 0.0543 e. The molecule has 0 saturated carbocycles. The summed E-state index contributed by atoms with van der Waals surface area (Å²) in [6.45, 7) is 0. The minimum Gasteiger partial charge on any atom is -0.313 e. The quantitative estimate of drug-likeness (QED) is 0.194. The Bertz CT molecular complexity index is 2590. The van der Waals surface area contributed by atoms with Crippen LogP contribution < -0.4 is 0 Å². The Morgan fingerprint density at radius 2 is 1.13 bits per heavy atom. The van der Waals surface area contributed by atoms with Crippen LogP contribution in [-0.4, -0.2) is 9.13 Å². The van der Waals surface area contributed by atoms with Gasteiger partial charge in [-0.05, 0) is 94.8 Å². The summed E-state index contributed by atoms with van der Waals surface area (Å²) in [4.78, 5) is 0. The first-order valence-corrected chi connectivity index (χ1v) is 16.5. The molecular formula is C44H32N2. The van der Waals surface area contributed by atoms with E-state index in [-0.39, 0.29) is 0 Å². The predicted molar refractivity (Wildman–Crippen MR) is 194 cm³/mol. The Labute approximate surface area is 268 Å². The summed E-state index contributed by atoms with van der Waals surface area (Å²) in [7, 11) is 0. The SMILES string of the molecule is C1=Cc2c(n(-c3ccc4ccccc4c3)c3cc(C4=CCCc5c4c4ccccc4n5-c4ccc5ccccc5c4)ccc23)CC1. The zero-order valence-electron chi connectivity index (χ0n) is 25.6. The number of allylic oxidation sites excluding steroid dienone is 2. The van der Waals surface area contributed by atoms with Crippen molar-refractivity contribution in [1.29, 1.82) is 0 Å². The molecule has 2 aliphatic carbocycles. The average Bonchev–Trinajstić information content (AvgIpc) is 3.64. The van der Waals surface area contributed by atoms with Gasteiger partial charge >= 0.3 is 0 Å². The van der Waals surface area contributed by atoms with Crippen LogP contribution in [0.4, 0.5) is 0 Å². The van der Waals surface area contributed by atoms with Crippen molar-refractivity contribution in [3.63, 3.8) is 0 Å². The van der Waals surface area contributed by atoms with Crippen molar-refractivity contribution in [3.05, 3.63) is 168 Å². The predicted octanol–water partition coefficient (Wildman–Crippen LogP) is 11.2. The molecule has 0 saturated heterocycles. The Kier molecular flexibility index (Phi) is 5.56. The van der Waals surface area contributed by atoms with E-state index in [0.29, 0.717) is 0 Å². The molecule has 0 radical (unpaired) electrons. The molecule has 2 heteroatoms. The standard InChI is InChI=1S/C44H32N2/c1-3-12-31-26-34(23-20-29(31)10-1)45-41-18-8-6-15-39(41)44-36(16-9-19-42(44)45)33-22-25-38-37-14-5-7-17-40(37)46(43(38)28-33)35-24-21-30-11-2-4-13-32(30)27-35/h1-6,8,10-16,18,20-28H,7,9,17,19H2. The summed E-state index contributed by atoms with van der Waals surface area (Å²) in [6, 6.07) is 47.3. The van der Waals surface area contributed by atoms with Crippen LogP contribution in [0.25, 0.3) is 66.4 Å². The molecule has 8 aromatic rings. The molecule has 0 amide bonds. The Morgan fingerprint density at radius 1 is 0.478 bits per heavy atom. The molecule has 0 spiro atoms. The third kappa shape index (κ3) is 3.77. The number of benzene rings is 6. The van der Waals surface area contributed by atoms with E-state index in [1.165, 1.54) is 88.4 Å². The van der Waals surface area contributed by atoms with Crippen LogP contribution in [0.15, 0.2) is 140 Å². The van der Waals surface area contributed by atoms with Gasteiger partial charge < -0.3 is 9.13 Å². The lowest BCUT2D eigenvalue weighted by Crippen LogP contribution is -2.06. The number of aromatic nitrogens is 2. The molecule has 46 heavy (non-hydrogen) atoms. The van der Waals surface area contributed by atoms with Gasteiger partial charge in [0.25, 0.3) is 0 Å². The third-order valence-electron chi connectivity index (χ3n) is 10.2. The van der Waals surface area contributed by atoms with Gasteiger partial charge in [-0.1, -0.05) is 109 Å². The molecule has 6 aromatic carbocycles. The van der Waals surface area contributed by atoms with E-state index < -0.39 is 0 Å². The van der Waals surface area contributed by atoms with Crippen LogP contribution in [0.1, 0.15) is 40.9 Å². The van der Waals surface area contributed by atoms with E-state index in [1.54, 1.807) is 0 Å². The Hall–Kier alpha value is -5.60. The van der Waals surface area contributed by atoms with Crippen molar-refractivity contribution >= 4 is 55.0 Å². The van der Waals surface area contributed by atoms with Crippen molar-refractivity contribution in [2.75, 3.05) is 0 Å². The lowest BCUT2D eigenvalue weighted by Gasteiger charge is -2.19. The maximum atomic E-state index is 2.53. The first-order chi connectivity index (χ1) is 22.8. The van der Waals surface area contributed by atoms with Crippen molar-refractivity contribution in [2.45, 2.75) is 25.7 Å². The highest BCUT2D eigenvalue weighted by Crippen LogP contribution is 2.43. The first-order valence-electron chi connectivity index (χ1n) is 16.5. The van der Waals surface area contributed by atoms with Crippen molar-refractivity contribution < 1.29 is 0 Å². The van der Waals surface area contributed by atoms with Crippen LogP contribution in [0, 0.1) is 0 Å². The fraction of sp³-hybridized carbons (Fsp3) is 0.0909. The number of hydrogen-bond acceptors (Lipinski definition) is 0. The monoisotopic (exact) mass is 588 g/mol. The molecule has 2 nitrogen and oxygen atoms in total. The minimum absolute atomic E-state index is 1.02. The van der Waals surface area contributed by atoms with Gasteiger partial charge in [0.15, 0.2) is 0 Å². The minimum atomic E-state index is 1.02. The second-order valence-corrected chi connectivity index (χ2v) is 12.8. The molecule has 218 valence electrons. The summed E-state index contributed by atoms with van der Waals surface area (Å²) in [6.07, 6.45) is 11.3. The lowest BCUT2D eigenvalue weighted by molar-refractivity contribution is 0.884. The first kappa shape index (κ1) is 25.7. The van der Waals surface area contributed by atoms with Gasteiger partial charge in [-0.2, -0.15) is 0 Å². The molecular weight excluding hydrogens is 556 g/mol. The molecule has 0 N–H and O–H groups in total. The molecule has 2 aliphatic rings. The van der Waals surface area contributed by atoms with Crippen molar-refractivity contribution in [2.24, 2.45) is 0 Å². The number of fused-ring (bicyclic) bond motifs is 8. The maximum absolute atomic E-state index is 2.53. The molecule has 2 heterocycles. The third-order valence-corrected chi connectivity index (χ3v) is 10.2. The fourth-order valence-corrected chi connectivity index (χ4v) is 8.16. The summed E-state index contributed by atoms with van der Waals surface area (Å²) in [5.41, 5.74) is 13.2. The van der Waals surface area contributed by atoms with Crippen molar-refractivity contribution in [1.82, 2.24) is 9.13 Å². The van der Waals surface area contributed by atoms with Gasteiger partial charge in [0.2, 0.25) is 0 Å². The summed E-state index contributed by atoms with van der Waals surface area (Å²) in [5.74, 6) is 0. The summed E-state index contributed by atoms with van der Waals surface area (Å²) >= 11 is 0. The van der Waals surface area contributed by atoms with Gasteiger partial charge in [-0.25, -0.2) is 0 Å². The van der Waals surface area contributed by atoms with Gasteiger partial charge in [-0.3, -0.25) is 0 Å². The van der Waals surface area contributed by atoms with Crippen molar-refractivity contribution in [3.8, 4) is 11.4 Å². The highest BCUT2D eigenvalue weighted by molar-refractivity contribution is 6.03. The topological polar surface area (TPSA) is 9.86 Å². The van der Waals surface area contributed by atoms with Gasteiger partial charge in [0.1, 0.15) is 0 Å². The largest absolute Gasteiger partial charge is 0.313 e. The molecule has 0 atom stereocenters. The van der Waals surface area contributed by atoms with E-state index in [4.69, 9.17) is 0 Å². The number of nitrogens with zero attached hydrogens (tertiary/aromatic N) is 2. The van der Waals surface area contributed by atoms with E-state index in [0.717, 1.165) is 25.7 Å². The Morgan fingerprint density at radius 3 is 1.89 bits per heavy atom. The normalized spacial score (nSPS) is 14.2. The maximum Gasteiger partial charge on any atom is 0.0543 e. The molecule has 0 unspecified atom stereocenters. The van der Waals surface area contributed by atoms with E-state index in [1.807, 2.05) is 0 Å². The highest BCUT2D eigenvalue weighted by atomic mass is 15.0. The van der Waals surface area contributed by atoms with Gasteiger partial charge in [0, 0.05) is 44.7 Å². The van der Waals surface area contributed by atoms with Gasteiger partial charge in [0.05, 0.1) is 11.0 Å². The van der Waals surface area contributed by atoms with E-state index in [2.05, 4.69) is 155 Å². The zero-order valence-corrected chi connectivity index (χ0v) is 25.6. The van der Waals surface area contributed by atoms with E-state index >= 15 is 0 Å². The lowest BCUT2D eigenvalue weighted by atomic mass is 9.88. The van der Waals surface area contributed by atoms with Gasteiger partial charge in [-0.15, -0.1) is 0 Å². The number of para-hydroxylation sites is 1. The van der Waals surface area contributed by atoms with Crippen LogP contribution in [0.3, 0.4) is 0 Å². The molecule has 0 fully saturated rings. The van der Waals surface area contributed by atoms with E-state index in [9.17, 15) is 0 Å². The summed E-state index contributed by atoms with van der Waals surface area (Å²) in [5, 5.41) is 7.76. The highest BCUT2D eigenvalue weighted by Gasteiger charge is 2.26. The average molecular weight is 589 g/mol. The zero-order chi connectivity index (χ0) is 30.2. The molecule has 2 aromatic heterocycles. The second kappa shape index (κ2) is 9.95. The molecule has 0 bridgehead atoms.